The van der Waals surface area contributed by atoms with Gasteiger partial charge in [-0.2, -0.15) is 0 Å². The second kappa shape index (κ2) is 13.0. The molecule has 0 spiro atoms. The third-order valence-corrected chi connectivity index (χ3v) is 6.76. The second-order valence-electron chi connectivity index (χ2n) is 9.30. The number of carboxylic acid groups (broad SMARTS) is 1. The summed E-state index contributed by atoms with van der Waals surface area (Å²) in [6.45, 7) is 6.57. The highest BCUT2D eigenvalue weighted by Crippen LogP contribution is 2.36. The van der Waals surface area contributed by atoms with Crippen molar-refractivity contribution in [3.8, 4) is 16.9 Å². The van der Waals surface area contributed by atoms with Gasteiger partial charge in [0.2, 0.25) is 0 Å². The maximum atomic E-state index is 12.9. The van der Waals surface area contributed by atoms with E-state index in [-0.39, 0.29) is 18.1 Å². The molecular weight excluding hydrogens is 528 g/mol. The van der Waals surface area contributed by atoms with Crippen molar-refractivity contribution in [1.29, 1.82) is 0 Å². The molecule has 4 heterocycles. The lowest BCUT2D eigenvalue weighted by Gasteiger charge is -2.26. The molecule has 2 aromatic carbocycles. The Kier molecular flexibility index (Phi) is 8.82. The lowest BCUT2D eigenvalue weighted by molar-refractivity contribution is -0.122. The first-order valence-electron chi connectivity index (χ1n) is 13.2. The highest BCUT2D eigenvalue weighted by atomic mass is 16.5. The summed E-state index contributed by atoms with van der Waals surface area (Å²) in [5.74, 6) is 1.88. The van der Waals surface area contributed by atoms with E-state index in [1.54, 1.807) is 12.4 Å². The van der Waals surface area contributed by atoms with Crippen molar-refractivity contribution < 1.29 is 23.8 Å². The van der Waals surface area contributed by atoms with Crippen molar-refractivity contribution in [2.45, 2.75) is 13.0 Å². The first-order chi connectivity index (χ1) is 20.1. The number of benzene rings is 2. The van der Waals surface area contributed by atoms with E-state index in [0.717, 1.165) is 55.1 Å². The van der Waals surface area contributed by atoms with E-state index in [0.29, 0.717) is 34.7 Å². The van der Waals surface area contributed by atoms with Gasteiger partial charge in [-0.3, -0.25) is 9.69 Å². The Balaban J connectivity index is 0.00000108. The standard InChI is InChI=1S/C28H28N6O4.CH2O2/c1-18(33-27-24-26(30-16-29-24)31-17-32-27)25-23(21-4-2-3-5-22(21)28(35)38-25)19-6-8-20(9-7-19)37-15-12-34-10-13-36-14-11-34;2-1-3/h2-9,16-18H,10-15H2,1H3,(H2,29,30,31,32,33);1H,(H,2,3). The number of nitrogens with one attached hydrogen (secondary N) is 2. The normalized spacial score (nSPS) is 14.3. The predicted molar refractivity (Wildman–Crippen MR) is 153 cm³/mol. The summed E-state index contributed by atoms with van der Waals surface area (Å²) in [7, 11) is 0. The van der Waals surface area contributed by atoms with Gasteiger partial charge >= 0.3 is 5.63 Å². The molecule has 1 fully saturated rings. The van der Waals surface area contributed by atoms with E-state index in [1.165, 1.54) is 6.33 Å². The molecule has 212 valence electrons. The van der Waals surface area contributed by atoms with Gasteiger partial charge in [-0.25, -0.2) is 19.7 Å². The van der Waals surface area contributed by atoms with Crippen molar-refractivity contribution in [3.63, 3.8) is 0 Å². The Bertz CT molecular complexity index is 1660. The SMILES string of the molecule is CC(Nc1ncnc2nc[nH]c12)c1oc(=O)c2ccccc2c1-c1ccc(OCCN2CCOCC2)cc1.O=CO. The Labute approximate surface area is 235 Å². The molecule has 12 nitrogen and oxygen atoms in total. The van der Waals surface area contributed by atoms with Crippen molar-refractivity contribution in [2.24, 2.45) is 0 Å². The number of anilines is 1. The maximum Gasteiger partial charge on any atom is 0.343 e. The molecule has 0 saturated carbocycles. The van der Waals surface area contributed by atoms with Crippen LogP contribution in [0.2, 0.25) is 0 Å². The van der Waals surface area contributed by atoms with Crippen molar-refractivity contribution in [1.82, 2.24) is 24.8 Å². The van der Waals surface area contributed by atoms with Crippen molar-refractivity contribution in [2.75, 3.05) is 44.8 Å². The number of H-pyrrole nitrogens is 1. The molecular formula is C29H30N6O6. The van der Waals surface area contributed by atoms with Gasteiger partial charge in [0.15, 0.2) is 11.5 Å². The number of imidazole rings is 1. The molecule has 1 aliphatic rings. The van der Waals surface area contributed by atoms with Crippen LogP contribution in [0.25, 0.3) is 33.1 Å². The van der Waals surface area contributed by atoms with Crippen LogP contribution in [0.5, 0.6) is 5.75 Å². The molecule has 3 aromatic heterocycles. The number of carbonyl (C=O) groups is 1. The Morgan fingerprint density at radius 3 is 2.59 bits per heavy atom. The van der Waals surface area contributed by atoms with Crippen LogP contribution in [-0.4, -0.2) is 75.9 Å². The third-order valence-electron chi connectivity index (χ3n) is 6.76. The molecule has 0 bridgehead atoms. The van der Waals surface area contributed by atoms with E-state index in [4.69, 9.17) is 23.8 Å². The molecule has 5 aromatic rings. The first kappa shape index (κ1) is 27.7. The zero-order chi connectivity index (χ0) is 28.6. The molecule has 12 heteroatoms. The average molecular weight is 559 g/mol. The topological polar surface area (TPSA) is 156 Å². The Morgan fingerprint density at radius 1 is 1.10 bits per heavy atom. The molecule has 0 radical (unpaired) electrons. The molecule has 6 rings (SSSR count). The minimum Gasteiger partial charge on any atom is -0.492 e. The fourth-order valence-corrected chi connectivity index (χ4v) is 4.80. The summed E-state index contributed by atoms with van der Waals surface area (Å²) in [6.07, 6.45) is 3.02. The van der Waals surface area contributed by atoms with Gasteiger partial charge in [0.25, 0.3) is 6.47 Å². The summed E-state index contributed by atoms with van der Waals surface area (Å²) >= 11 is 0. The van der Waals surface area contributed by atoms with E-state index in [2.05, 4.69) is 30.2 Å². The molecule has 1 aliphatic heterocycles. The number of aromatic nitrogens is 4. The third kappa shape index (κ3) is 6.34. The fourth-order valence-electron chi connectivity index (χ4n) is 4.80. The smallest absolute Gasteiger partial charge is 0.343 e. The summed E-state index contributed by atoms with van der Waals surface area (Å²) in [5, 5.41) is 11.6. The zero-order valence-electron chi connectivity index (χ0n) is 22.4. The molecule has 1 atom stereocenters. The van der Waals surface area contributed by atoms with Gasteiger partial charge in [-0.1, -0.05) is 30.3 Å². The van der Waals surface area contributed by atoms with Crippen LogP contribution >= 0.6 is 0 Å². The monoisotopic (exact) mass is 558 g/mol. The van der Waals surface area contributed by atoms with E-state index < -0.39 is 0 Å². The fraction of sp³-hybridized carbons (Fsp3) is 0.276. The van der Waals surface area contributed by atoms with Crippen LogP contribution in [0.15, 0.2) is 70.4 Å². The highest BCUT2D eigenvalue weighted by Gasteiger charge is 2.22. The summed E-state index contributed by atoms with van der Waals surface area (Å²) in [5.41, 5.74) is 2.62. The zero-order valence-corrected chi connectivity index (χ0v) is 22.4. The summed E-state index contributed by atoms with van der Waals surface area (Å²) in [4.78, 5) is 39.4. The van der Waals surface area contributed by atoms with Gasteiger partial charge in [0.05, 0.1) is 31.0 Å². The van der Waals surface area contributed by atoms with Crippen LogP contribution in [0.3, 0.4) is 0 Å². The number of hydrogen-bond donors (Lipinski definition) is 3. The van der Waals surface area contributed by atoms with Gasteiger partial charge in [0.1, 0.15) is 30.0 Å². The number of aromatic amines is 1. The quantitative estimate of drug-likeness (QED) is 0.239. The molecule has 0 amide bonds. The Hall–Kier alpha value is -4.81. The van der Waals surface area contributed by atoms with Crippen LogP contribution in [-0.2, 0) is 9.53 Å². The highest BCUT2D eigenvalue weighted by molar-refractivity contribution is 5.97. The molecule has 1 saturated heterocycles. The number of hydrogen-bond acceptors (Lipinski definition) is 10. The number of ether oxygens (including phenoxy) is 2. The minimum absolute atomic E-state index is 0.250. The van der Waals surface area contributed by atoms with E-state index >= 15 is 0 Å². The second-order valence-corrected chi connectivity index (χ2v) is 9.30. The molecule has 41 heavy (non-hydrogen) atoms. The number of rotatable bonds is 8. The number of morpholine rings is 1. The minimum atomic E-state index is -0.384. The largest absolute Gasteiger partial charge is 0.492 e. The maximum absolute atomic E-state index is 12.9. The van der Waals surface area contributed by atoms with Crippen molar-refractivity contribution >= 4 is 34.2 Å². The van der Waals surface area contributed by atoms with Crippen LogP contribution in [0.4, 0.5) is 5.82 Å². The van der Waals surface area contributed by atoms with Crippen LogP contribution < -0.4 is 15.7 Å². The van der Waals surface area contributed by atoms with E-state index in [9.17, 15) is 4.79 Å². The average Bonchev–Trinajstić information content (AvgIpc) is 3.49. The first-order valence-corrected chi connectivity index (χ1v) is 13.2. The number of fused-ring (bicyclic) bond motifs is 2. The lowest BCUT2D eigenvalue weighted by atomic mass is 9.96. The summed E-state index contributed by atoms with van der Waals surface area (Å²) in [6, 6.07) is 15.0. The molecule has 0 aliphatic carbocycles. The van der Waals surface area contributed by atoms with E-state index in [1.807, 2.05) is 49.4 Å². The van der Waals surface area contributed by atoms with Crippen LogP contribution in [0, 0.1) is 0 Å². The number of nitrogens with zero attached hydrogens (tertiary/aromatic N) is 4. The van der Waals surface area contributed by atoms with Crippen LogP contribution in [0.1, 0.15) is 18.7 Å². The van der Waals surface area contributed by atoms with Gasteiger partial charge < -0.3 is 29.3 Å². The van der Waals surface area contributed by atoms with Gasteiger partial charge in [-0.05, 0) is 30.7 Å². The Morgan fingerprint density at radius 2 is 1.83 bits per heavy atom. The predicted octanol–water partition coefficient (Wildman–Crippen LogP) is 3.71. The van der Waals surface area contributed by atoms with Crippen molar-refractivity contribution in [3.05, 3.63) is 77.4 Å². The lowest BCUT2D eigenvalue weighted by Crippen LogP contribution is -2.38. The summed E-state index contributed by atoms with van der Waals surface area (Å²) < 4.78 is 17.3. The molecule has 1 unspecified atom stereocenters. The molecule has 3 N–H and O–H groups in total. The van der Waals surface area contributed by atoms with Gasteiger partial charge in [-0.15, -0.1) is 0 Å². The van der Waals surface area contributed by atoms with Gasteiger partial charge in [0, 0.05) is 30.6 Å².